The number of halogens is 1. The van der Waals surface area contributed by atoms with Gasteiger partial charge in [0.05, 0.1) is 7.11 Å². The molecule has 0 aromatic heterocycles. The van der Waals surface area contributed by atoms with Crippen molar-refractivity contribution in [2.45, 2.75) is 38.6 Å². The third-order valence-electron chi connectivity index (χ3n) is 3.81. The van der Waals surface area contributed by atoms with E-state index in [0.717, 1.165) is 24.9 Å². The van der Waals surface area contributed by atoms with E-state index >= 15 is 0 Å². The molecule has 0 radical (unpaired) electrons. The number of ether oxygens (including phenoxy) is 1. The Labute approximate surface area is 109 Å². The summed E-state index contributed by atoms with van der Waals surface area (Å²) in [5.41, 5.74) is 0.788. The first kappa shape index (κ1) is 13.3. The zero-order valence-corrected chi connectivity index (χ0v) is 11.2. The maximum atomic E-state index is 14.0. The van der Waals surface area contributed by atoms with Crippen molar-refractivity contribution in [1.29, 1.82) is 0 Å². The molecule has 100 valence electrons. The molecule has 1 N–H and O–H groups in total. The predicted octanol–water partition coefficient (Wildman–Crippen LogP) is 3.16. The Morgan fingerprint density at radius 2 is 2.22 bits per heavy atom. The number of rotatable bonds is 5. The Morgan fingerprint density at radius 1 is 1.39 bits per heavy atom. The maximum absolute atomic E-state index is 14.0. The van der Waals surface area contributed by atoms with E-state index in [1.807, 2.05) is 12.1 Å². The molecule has 2 rings (SSSR count). The van der Waals surface area contributed by atoms with Crippen LogP contribution in [0.25, 0.3) is 0 Å². The number of benzene rings is 1. The van der Waals surface area contributed by atoms with Crippen molar-refractivity contribution in [3.05, 3.63) is 29.6 Å². The molecule has 3 heteroatoms. The van der Waals surface area contributed by atoms with Crippen molar-refractivity contribution < 1.29 is 9.13 Å². The molecule has 1 aliphatic carbocycles. The second-order valence-corrected chi connectivity index (χ2v) is 5.07. The lowest BCUT2D eigenvalue weighted by Gasteiger charge is -2.13. The van der Waals surface area contributed by atoms with Gasteiger partial charge in [-0.05, 0) is 49.8 Å². The fourth-order valence-electron chi connectivity index (χ4n) is 2.92. The van der Waals surface area contributed by atoms with Gasteiger partial charge in [0.2, 0.25) is 0 Å². The van der Waals surface area contributed by atoms with E-state index in [1.54, 1.807) is 6.07 Å². The molecular formula is C15H22FNO. The van der Waals surface area contributed by atoms with Crippen LogP contribution in [0, 0.1) is 11.7 Å². The van der Waals surface area contributed by atoms with Crippen LogP contribution in [0.15, 0.2) is 18.2 Å². The van der Waals surface area contributed by atoms with Crippen LogP contribution < -0.4 is 10.1 Å². The number of hydrogen-bond acceptors (Lipinski definition) is 2. The topological polar surface area (TPSA) is 21.3 Å². The average molecular weight is 251 g/mol. The lowest BCUT2D eigenvalue weighted by molar-refractivity contribution is 0.381. The molecule has 0 heterocycles. The van der Waals surface area contributed by atoms with E-state index in [1.165, 1.54) is 20.0 Å². The Balaban J connectivity index is 1.98. The van der Waals surface area contributed by atoms with Crippen molar-refractivity contribution in [1.82, 2.24) is 5.32 Å². The van der Waals surface area contributed by atoms with Crippen molar-refractivity contribution in [3.8, 4) is 5.75 Å². The highest BCUT2D eigenvalue weighted by Crippen LogP contribution is 2.31. The summed E-state index contributed by atoms with van der Waals surface area (Å²) in [6.07, 6.45) is 4.38. The van der Waals surface area contributed by atoms with Gasteiger partial charge in [-0.2, -0.15) is 0 Å². The highest BCUT2D eigenvalue weighted by Gasteiger charge is 2.25. The van der Waals surface area contributed by atoms with Gasteiger partial charge in [0.1, 0.15) is 0 Å². The first-order valence-electron chi connectivity index (χ1n) is 6.79. The van der Waals surface area contributed by atoms with Crippen LogP contribution in [0.4, 0.5) is 4.39 Å². The van der Waals surface area contributed by atoms with Crippen LogP contribution in [0.3, 0.4) is 0 Å². The van der Waals surface area contributed by atoms with Gasteiger partial charge in [0, 0.05) is 6.04 Å². The lowest BCUT2D eigenvalue weighted by atomic mass is 9.97. The highest BCUT2D eigenvalue weighted by molar-refractivity contribution is 5.31. The lowest BCUT2D eigenvalue weighted by Crippen LogP contribution is -2.25. The van der Waals surface area contributed by atoms with Gasteiger partial charge in [0.15, 0.2) is 11.6 Å². The van der Waals surface area contributed by atoms with Crippen LogP contribution in [-0.2, 0) is 6.42 Å². The summed E-state index contributed by atoms with van der Waals surface area (Å²) >= 11 is 0. The summed E-state index contributed by atoms with van der Waals surface area (Å²) in [7, 11) is 1.51. The van der Waals surface area contributed by atoms with Gasteiger partial charge < -0.3 is 10.1 Å². The minimum atomic E-state index is -0.188. The van der Waals surface area contributed by atoms with Crippen LogP contribution in [0.5, 0.6) is 5.75 Å². The zero-order valence-electron chi connectivity index (χ0n) is 11.2. The normalized spacial score (nSPS) is 23.3. The minimum absolute atomic E-state index is 0.188. The molecule has 0 bridgehead atoms. The quantitative estimate of drug-likeness (QED) is 0.868. The first-order valence-corrected chi connectivity index (χ1v) is 6.79. The van der Waals surface area contributed by atoms with E-state index in [-0.39, 0.29) is 5.82 Å². The summed E-state index contributed by atoms with van der Waals surface area (Å²) in [5.74, 6) is 0.760. The van der Waals surface area contributed by atoms with Gasteiger partial charge in [-0.1, -0.05) is 19.1 Å². The summed E-state index contributed by atoms with van der Waals surface area (Å²) in [5, 5.41) is 3.48. The standard InChI is InChI=1S/C15H22FNO/c1-3-17-13-8-7-11(10-13)9-12-5-4-6-14(18-2)15(12)16/h4-6,11,13,17H,3,7-10H2,1-2H3. The van der Waals surface area contributed by atoms with Crippen molar-refractivity contribution >= 4 is 0 Å². The fraction of sp³-hybridized carbons (Fsp3) is 0.600. The molecule has 1 aliphatic rings. The van der Waals surface area contributed by atoms with Gasteiger partial charge in [0.25, 0.3) is 0 Å². The third kappa shape index (κ3) is 3.02. The molecule has 1 aromatic carbocycles. The second kappa shape index (κ2) is 6.19. The summed E-state index contributed by atoms with van der Waals surface area (Å²) in [4.78, 5) is 0. The Morgan fingerprint density at radius 3 is 2.94 bits per heavy atom. The smallest absolute Gasteiger partial charge is 0.168 e. The van der Waals surface area contributed by atoms with E-state index in [4.69, 9.17) is 4.74 Å². The molecule has 1 aromatic rings. The zero-order chi connectivity index (χ0) is 13.0. The Hall–Kier alpha value is -1.09. The molecule has 1 saturated carbocycles. The van der Waals surface area contributed by atoms with Crippen LogP contribution in [0.1, 0.15) is 31.7 Å². The van der Waals surface area contributed by atoms with E-state index in [0.29, 0.717) is 17.7 Å². The highest BCUT2D eigenvalue weighted by atomic mass is 19.1. The van der Waals surface area contributed by atoms with Gasteiger partial charge >= 0.3 is 0 Å². The molecule has 0 saturated heterocycles. The molecule has 18 heavy (non-hydrogen) atoms. The number of hydrogen-bond donors (Lipinski definition) is 1. The SMILES string of the molecule is CCNC1CCC(Cc2cccc(OC)c2F)C1. The first-order chi connectivity index (χ1) is 8.74. The molecule has 0 amide bonds. The fourth-order valence-corrected chi connectivity index (χ4v) is 2.92. The molecule has 0 spiro atoms. The van der Waals surface area contributed by atoms with Crippen LogP contribution in [-0.4, -0.2) is 19.7 Å². The van der Waals surface area contributed by atoms with Gasteiger partial charge in [-0.3, -0.25) is 0 Å². The summed E-state index contributed by atoms with van der Waals surface area (Å²) in [6.45, 7) is 3.15. The van der Waals surface area contributed by atoms with Crippen molar-refractivity contribution in [3.63, 3.8) is 0 Å². The summed E-state index contributed by atoms with van der Waals surface area (Å²) in [6, 6.07) is 6.04. The predicted molar refractivity (Wildman–Crippen MR) is 71.5 cm³/mol. The van der Waals surface area contributed by atoms with Gasteiger partial charge in [-0.25, -0.2) is 4.39 Å². The minimum Gasteiger partial charge on any atom is -0.494 e. The van der Waals surface area contributed by atoms with E-state index in [2.05, 4.69) is 12.2 Å². The second-order valence-electron chi connectivity index (χ2n) is 5.07. The molecule has 1 fully saturated rings. The Kier molecular flexibility index (Phi) is 4.59. The van der Waals surface area contributed by atoms with Crippen LogP contribution >= 0.6 is 0 Å². The molecule has 0 aliphatic heterocycles. The van der Waals surface area contributed by atoms with E-state index in [9.17, 15) is 4.39 Å². The molecule has 2 nitrogen and oxygen atoms in total. The molecule has 2 atom stereocenters. The number of methoxy groups -OCH3 is 1. The maximum Gasteiger partial charge on any atom is 0.168 e. The number of nitrogens with one attached hydrogen (secondary N) is 1. The van der Waals surface area contributed by atoms with Crippen LogP contribution in [0.2, 0.25) is 0 Å². The monoisotopic (exact) mass is 251 g/mol. The van der Waals surface area contributed by atoms with E-state index < -0.39 is 0 Å². The molecular weight excluding hydrogens is 229 g/mol. The van der Waals surface area contributed by atoms with Crippen molar-refractivity contribution in [2.24, 2.45) is 5.92 Å². The van der Waals surface area contributed by atoms with Gasteiger partial charge in [-0.15, -0.1) is 0 Å². The molecule has 2 unspecified atom stereocenters. The third-order valence-corrected chi connectivity index (χ3v) is 3.81. The Bertz CT molecular complexity index is 394. The summed E-state index contributed by atoms with van der Waals surface area (Å²) < 4.78 is 19.1. The van der Waals surface area contributed by atoms with Crippen molar-refractivity contribution in [2.75, 3.05) is 13.7 Å². The largest absolute Gasteiger partial charge is 0.494 e. The average Bonchev–Trinajstić information content (AvgIpc) is 2.80.